The molecule has 0 aliphatic rings. The lowest BCUT2D eigenvalue weighted by molar-refractivity contribution is 0.0601. The summed E-state index contributed by atoms with van der Waals surface area (Å²) in [6.07, 6.45) is 2.84. The van der Waals surface area contributed by atoms with Gasteiger partial charge in [0.15, 0.2) is 0 Å². The monoisotopic (exact) mass is 322 g/mol. The highest BCUT2D eigenvalue weighted by atomic mass is 16.5. The van der Waals surface area contributed by atoms with Crippen LogP contribution in [0.15, 0.2) is 48.7 Å². The van der Waals surface area contributed by atoms with Crippen molar-refractivity contribution >= 4 is 16.9 Å². The number of benzene rings is 2. The molecular formula is C20H22N2O2. The van der Waals surface area contributed by atoms with Crippen molar-refractivity contribution in [2.24, 2.45) is 5.73 Å². The number of methoxy groups -OCH3 is 1. The number of hydrogen-bond donors (Lipinski definition) is 2. The van der Waals surface area contributed by atoms with Crippen molar-refractivity contribution in [3.05, 3.63) is 59.8 Å². The summed E-state index contributed by atoms with van der Waals surface area (Å²) in [5, 5.41) is 1.18. The molecule has 3 rings (SSSR count). The van der Waals surface area contributed by atoms with Gasteiger partial charge in [-0.1, -0.05) is 30.3 Å². The Morgan fingerprint density at radius 1 is 1.17 bits per heavy atom. The van der Waals surface area contributed by atoms with E-state index in [9.17, 15) is 4.79 Å². The first kappa shape index (κ1) is 16.3. The van der Waals surface area contributed by atoms with Crippen LogP contribution in [0.2, 0.25) is 0 Å². The number of nitrogens with one attached hydrogen (secondary N) is 1. The van der Waals surface area contributed by atoms with Gasteiger partial charge in [-0.25, -0.2) is 4.79 Å². The molecular weight excluding hydrogens is 300 g/mol. The van der Waals surface area contributed by atoms with Crippen molar-refractivity contribution in [1.82, 2.24) is 4.98 Å². The Balaban J connectivity index is 2.03. The topological polar surface area (TPSA) is 68.1 Å². The van der Waals surface area contributed by atoms with Crippen LogP contribution in [0.5, 0.6) is 0 Å². The Bertz CT molecular complexity index is 871. The molecule has 1 heterocycles. The van der Waals surface area contributed by atoms with Crippen molar-refractivity contribution in [2.75, 3.05) is 7.11 Å². The van der Waals surface area contributed by atoms with Crippen LogP contribution in [0.1, 0.15) is 29.8 Å². The lowest BCUT2D eigenvalue weighted by Crippen LogP contribution is -2.34. The van der Waals surface area contributed by atoms with Gasteiger partial charge in [-0.2, -0.15) is 0 Å². The van der Waals surface area contributed by atoms with Gasteiger partial charge in [-0.15, -0.1) is 0 Å². The summed E-state index contributed by atoms with van der Waals surface area (Å²) in [7, 11) is 1.39. The predicted molar refractivity (Wildman–Crippen MR) is 97.0 cm³/mol. The molecule has 0 fully saturated rings. The van der Waals surface area contributed by atoms with Gasteiger partial charge in [0.05, 0.1) is 18.2 Å². The van der Waals surface area contributed by atoms with Gasteiger partial charge in [0, 0.05) is 22.7 Å². The van der Waals surface area contributed by atoms with E-state index in [0.717, 1.165) is 23.1 Å². The van der Waals surface area contributed by atoms with Crippen LogP contribution in [0.4, 0.5) is 0 Å². The van der Waals surface area contributed by atoms with Gasteiger partial charge in [0.25, 0.3) is 0 Å². The fourth-order valence-electron chi connectivity index (χ4n) is 2.99. The minimum atomic E-state index is -0.327. The van der Waals surface area contributed by atoms with E-state index >= 15 is 0 Å². The van der Waals surface area contributed by atoms with Crippen molar-refractivity contribution < 1.29 is 9.53 Å². The normalized spacial score (nSPS) is 11.7. The number of para-hydroxylation sites is 1. The van der Waals surface area contributed by atoms with Crippen molar-refractivity contribution in [3.63, 3.8) is 0 Å². The molecule has 0 bridgehead atoms. The van der Waals surface area contributed by atoms with Gasteiger partial charge < -0.3 is 15.5 Å². The van der Waals surface area contributed by atoms with Gasteiger partial charge in [-0.3, -0.25) is 0 Å². The van der Waals surface area contributed by atoms with E-state index in [4.69, 9.17) is 10.5 Å². The standard InChI is InChI=1S/C20H22N2O2/c1-20(2,21)11-15-12-22-18-16(5-4-6-17(15)18)13-7-9-14(10-8-13)19(23)24-3/h4-10,12,22H,11,21H2,1-3H3. The Kier molecular flexibility index (Phi) is 4.16. The Hall–Kier alpha value is -2.59. The number of aromatic nitrogens is 1. The van der Waals surface area contributed by atoms with E-state index in [1.54, 1.807) is 12.1 Å². The average molecular weight is 322 g/mol. The van der Waals surface area contributed by atoms with Crippen LogP contribution in [-0.4, -0.2) is 23.6 Å². The number of hydrogen-bond acceptors (Lipinski definition) is 3. The molecule has 3 aromatic rings. The van der Waals surface area contributed by atoms with E-state index in [-0.39, 0.29) is 11.5 Å². The molecule has 124 valence electrons. The van der Waals surface area contributed by atoms with Crippen LogP contribution < -0.4 is 5.73 Å². The molecule has 4 nitrogen and oxygen atoms in total. The Morgan fingerprint density at radius 2 is 1.88 bits per heavy atom. The van der Waals surface area contributed by atoms with Gasteiger partial charge in [-0.05, 0) is 43.5 Å². The lowest BCUT2D eigenvalue weighted by atomic mass is 9.94. The van der Waals surface area contributed by atoms with E-state index in [1.807, 2.05) is 38.2 Å². The number of carbonyl (C=O) groups is 1. The molecule has 0 amide bonds. The highest BCUT2D eigenvalue weighted by Gasteiger charge is 2.16. The maximum absolute atomic E-state index is 11.6. The SMILES string of the molecule is COC(=O)c1ccc(-c2cccc3c(CC(C)(C)N)c[nH]c23)cc1. The number of rotatable bonds is 4. The number of carbonyl (C=O) groups excluding carboxylic acids is 1. The summed E-state index contributed by atoms with van der Waals surface area (Å²) in [6.45, 7) is 4.06. The Morgan fingerprint density at radius 3 is 2.50 bits per heavy atom. The van der Waals surface area contributed by atoms with Crippen LogP contribution >= 0.6 is 0 Å². The summed E-state index contributed by atoms with van der Waals surface area (Å²) in [6, 6.07) is 13.7. The number of ether oxygens (including phenoxy) is 1. The molecule has 0 saturated carbocycles. The second-order valence-corrected chi connectivity index (χ2v) is 6.78. The van der Waals surface area contributed by atoms with Crippen LogP contribution in [0.25, 0.3) is 22.0 Å². The minimum Gasteiger partial charge on any atom is -0.465 e. The first-order valence-electron chi connectivity index (χ1n) is 7.96. The van der Waals surface area contributed by atoms with Gasteiger partial charge >= 0.3 is 5.97 Å². The third-order valence-electron chi connectivity index (χ3n) is 4.06. The largest absolute Gasteiger partial charge is 0.465 e. The van der Waals surface area contributed by atoms with Crippen molar-refractivity contribution in [1.29, 1.82) is 0 Å². The lowest BCUT2D eigenvalue weighted by Gasteiger charge is -2.17. The molecule has 4 heteroatoms. The van der Waals surface area contributed by atoms with E-state index in [2.05, 4.69) is 17.1 Å². The van der Waals surface area contributed by atoms with Crippen molar-refractivity contribution in [2.45, 2.75) is 25.8 Å². The van der Waals surface area contributed by atoms with E-state index < -0.39 is 0 Å². The molecule has 0 atom stereocenters. The number of nitrogens with two attached hydrogens (primary N) is 1. The summed E-state index contributed by atoms with van der Waals surface area (Å²) >= 11 is 0. The second kappa shape index (κ2) is 6.13. The maximum Gasteiger partial charge on any atom is 0.337 e. The molecule has 0 saturated heterocycles. The smallest absolute Gasteiger partial charge is 0.337 e. The third-order valence-corrected chi connectivity index (χ3v) is 4.06. The highest BCUT2D eigenvalue weighted by Crippen LogP contribution is 2.31. The molecule has 1 aromatic heterocycles. The summed E-state index contributed by atoms with van der Waals surface area (Å²) in [4.78, 5) is 14.9. The number of fused-ring (bicyclic) bond motifs is 1. The minimum absolute atomic E-state index is 0.257. The molecule has 2 aromatic carbocycles. The van der Waals surface area contributed by atoms with Crippen LogP contribution in [0, 0.1) is 0 Å². The predicted octanol–water partition coefficient (Wildman–Crippen LogP) is 3.90. The average Bonchev–Trinajstić information content (AvgIpc) is 2.95. The van der Waals surface area contributed by atoms with E-state index in [0.29, 0.717) is 5.56 Å². The molecule has 0 aliphatic heterocycles. The molecule has 0 radical (unpaired) electrons. The van der Waals surface area contributed by atoms with Gasteiger partial charge in [0.1, 0.15) is 0 Å². The van der Waals surface area contributed by atoms with Crippen LogP contribution in [-0.2, 0) is 11.2 Å². The Labute approximate surface area is 141 Å². The molecule has 0 spiro atoms. The highest BCUT2D eigenvalue weighted by molar-refractivity contribution is 5.97. The molecule has 0 unspecified atom stereocenters. The fraction of sp³-hybridized carbons (Fsp3) is 0.250. The van der Waals surface area contributed by atoms with Gasteiger partial charge in [0.2, 0.25) is 0 Å². The zero-order valence-electron chi connectivity index (χ0n) is 14.2. The van der Waals surface area contributed by atoms with E-state index in [1.165, 1.54) is 18.1 Å². The summed E-state index contributed by atoms with van der Waals surface area (Å²) < 4.78 is 4.74. The first-order valence-corrected chi connectivity index (χ1v) is 7.96. The zero-order valence-corrected chi connectivity index (χ0v) is 14.2. The zero-order chi connectivity index (χ0) is 17.3. The first-order chi connectivity index (χ1) is 11.4. The molecule has 0 aliphatic carbocycles. The quantitative estimate of drug-likeness (QED) is 0.716. The fourth-order valence-corrected chi connectivity index (χ4v) is 2.99. The number of H-pyrrole nitrogens is 1. The molecule has 24 heavy (non-hydrogen) atoms. The second-order valence-electron chi connectivity index (χ2n) is 6.78. The number of esters is 1. The number of aromatic amines is 1. The maximum atomic E-state index is 11.6. The van der Waals surface area contributed by atoms with Crippen molar-refractivity contribution in [3.8, 4) is 11.1 Å². The third kappa shape index (κ3) is 3.19. The summed E-state index contributed by atoms with van der Waals surface area (Å²) in [5.74, 6) is -0.327. The summed E-state index contributed by atoms with van der Waals surface area (Å²) in [5.41, 5.74) is 10.9. The van der Waals surface area contributed by atoms with Crippen LogP contribution in [0.3, 0.4) is 0 Å². The molecule has 3 N–H and O–H groups in total.